The lowest BCUT2D eigenvalue weighted by Crippen LogP contribution is -2.13. The highest BCUT2D eigenvalue weighted by Gasteiger charge is 2.12. The maximum absolute atomic E-state index is 12.1. The summed E-state index contributed by atoms with van der Waals surface area (Å²) in [5, 5.41) is 9.61. The number of H-pyrrole nitrogens is 1. The first-order valence-corrected chi connectivity index (χ1v) is 6.38. The molecule has 2 rings (SSSR count). The Morgan fingerprint density at radius 3 is 2.75 bits per heavy atom. The number of aromatic nitrogens is 2. The maximum Gasteiger partial charge on any atom is 0.256 e. The molecule has 1 amide bonds. The Kier molecular flexibility index (Phi) is 3.93. The summed E-state index contributed by atoms with van der Waals surface area (Å²) >= 11 is 0. The van der Waals surface area contributed by atoms with E-state index in [-0.39, 0.29) is 5.91 Å². The fourth-order valence-corrected chi connectivity index (χ4v) is 1.76. The van der Waals surface area contributed by atoms with Crippen LogP contribution in [0.15, 0.2) is 18.2 Å². The lowest BCUT2D eigenvalue weighted by molar-refractivity contribution is 0.102. The van der Waals surface area contributed by atoms with E-state index in [4.69, 9.17) is 10.5 Å². The molecule has 0 bridgehead atoms. The van der Waals surface area contributed by atoms with E-state index in [2.05, 4.69) is 15.5 Å². The van der Waals surface area contributed by atoms with E-state index in [1.165, 1.54) is 0 Å². The van der Waals surface area contributed by atoms with Crippen molar-refractivity contribution in [3.8, 4) is 5.75 Å². The minimum Gasteiger partial charge on any atom is -0.492 e. The van der Waals surface area contributed by atoms with Crippen LogP contribution in [-0.2, 0) is 0 Å². The summed E-state index contributed by atoms with van der Waals surface area (Å²) in [6.07, 6.45) is 0. The number of amides is 1. The van der Waals surface area contributed by atoms with Gasteiger partial charge in [0.05, 0.1) is 12.3 Å². The Balaban J connectivity index is 2.17. The van der Waals surface area contributed by atoms with Crippen molar-refractivity contribution in [2.45, 2.75) is 20.8 Å². The van der Waals surface area contributed by atoms with E-state index >= 15 is 0 Å². The lowest BCUT2D eigenvalue weighted by Gasteiger charge is -2.09. The van der Waals surface area contributed by atoms with Crippen molar-refractivity contribution < 1.29 is 9.53 Å². The Morgan fingerprint density at radius 1 is 1.45 bits per heavy atom. The van der Waals surface area contributed by atoms with Gasteiger partial charge in [0, 0.05) is 16.8 Å². The van der Waals surface area contributed by atoms with Gasteiger partial charge in [-0.05, 0) is 39.0 Å². The first kappa shape index (κ1) is 13.9. The number of nitrogen functional groups attached to an aromatic ring is 1. The van der Waals surface area contributed by atoms with Gasteiger partial charge >= 0.3 is 0 Å². The normalized spacial score (nSPS) is 10.3. The molecule has 0 radical (unpaired) electrons. The average Bonchev–Trinajstić information content (AvgIpc) is 2.73. The smallest absolute Gasteiger partial charge is 0.256 e. The van der Waals surface area contributed by atoms with Crippen LogP contribution in [0.3, 0.4) is 0 Å². The van der Waals surface area contributed by atoms with E-state index in [1.807, 2.05) is 20.8 Å². The van der Waals surface area contributed by atoms with E-state index in [0.29, 0.717) is 29.4 Å². The highest BCUT2D eigenvalue weighted by Crippen LogP contribution is 2.23. The fraction of sp³-hybridized carbons (Fsp3) is 0.286. The monoisotopic (exact) mass is 274 g/mol. The van der Waals surface area contributed by atoms with Crippen molar-refractivity contribution in [3.63, 3.8) is 0 Å². The van der Waals surface area contributed by atoms with E-state index in [0.717, 1.165) is 11.3 Å². The summed E-state index contributed by atoms with van der Waals surface area (Å²) in [6, 6.07) is 4.96. The second-order valence-corrected chi connectivity index (χ2v) is 4.46. The molecular formula is C14H18N4O2. The molecule has 0 aliphatic heterocycles. The number of anilines is 2. The Bertz CT molecular complexity index is 634. The van der Waals surface area contributed by atoms with Crippen molar-refractivity contribution in [1.29, 1.82) is 0 Å². The molecule has 1 aromatic carbocycles. The van der Waals surface area contributed by atoms with Crippen molar-refractivity contribution in [2.75, 3.05) is 17.7 Å². The lowest BCUT2D eigenvalue weighted by atomic mass is 10.1. The third kappa shape index (κ3) is 2.74. The number of carbonyl (C=O) groups excluding carboxylic acids is 1. The molecular weight excluding hydrogens is 256 g/mol. The minimum absolute atomic E-state index is 0.255. The molecule has 1 aromatic heterocycles. The molecule has 0 aliphatic carbocycles. The first-order chi connectivity index (χ1) is 9.52. The van der Waals surface area contributed by atoms with Crippen molar-refractivity contribution >= 4 is 17.4 Å². The zero-order chi connectivity index (χ0) is 14.7. The molecule has 0 unspecified atom stereocenters. The number of aryl methyl sites for hydroxylation is 1. The van der Waals surface area contributed by atoms with Gasteiger partial charge in [0.25, 0.3) is 5.91 Å². The first-order valence-electron chi connectivity index (χ1n) is 6.38. The van der Waals surface area contributed by atoms with Gasteiger partial charge in [-0.1, -0.05) is 0 Å². The molecule has 0 aliphatic rings. The number of hydrogen-bond acceptors (Lipinski definition) is 4. The quantitative estimate of drug-likeness (QED) is 0.745. The summed E-state index contributed by atoms with van der Waals surface area (Å²) in [7, 11) is 0. The molecule has 0 atom stereocenters. The molecule has 1 heterocycles. The van der Waals surface area contributed by atoms with E-state index in [9.17, 15) is 4.79 Å². The zero-order valence-corrected chi connectivity index (χ0v) is 11.8. The van der Waals surface area contributed by atoms with E-state index < -0.39 is 0 Å². The highest BCUT2D eigenvalue weighted by atomic mass is 16.5. The summed E-state index contributed by atoms with van der Waals surface area (Å²) < 4.78 is 5.34. The number of nitrogens with zero attached hydrogens (tertiary/aromatic N) is 1. The number of carbonyl (C=O) groups is 1. The van der Waals surface area contributed by atoms with Crippen molar-refractivity contribution in [3.05, 3.63) is 35.0 Å². The Labute approximate surface area is 117 Å². The number of nitrogens with two attached hydrogens (primary N) is 1. The zero-order valence-electron chi connectivity index (χ0n) is 11.8. The van der Waals surface area contributed by atoms with Gasteiger partial charge in [-0.3, -0.25) is 9.89 Å². The second-order valence-electron chi connectivity index (χ2n) is 4.46. The molecule has 20 heavy (non-hydrogen) atoms. The molecule has 2 aromatic rings. The summed E-state index contributed by atoms with van der Waals surface area (Å²) in [5.74, 6) is 0.852. The number of aromatic amines is 1. The number of ether oxygens (including phenoxy) is 1. The van der Waals surface area contributed by atoms with E-state index in [1.54, 1.807) is 18.2 Å². The average molecular weight is 274 g/mol. The predicted molar refractivity (Wildman–Crippen MR) is 78.0 cm³/mol. The van der Waals surface area contributed by atoms with Crippen LogP contribution in [0.1, 0.15) is 28.5 Å². The van der Waals surface area contributed by atoms with Crippen molar-refractivity contribution in [2.24, 2.45) is 0 Å². The van der Waals surface area contributed by atoms with Crippen LogP contribution in [-0.4, -0.2) is 22.7 Å². The van der Waals surface area contributed by atoms with Crippen LogP contribution >= 0.6 is 0 Å². The van der Waals surface area contributed by atoms with Gasteiger partial charge in [0.2, 0.25) is 0 Å². The molecule has 0 spiro atoms. The summed E-state index contributed by atoms with van der Waals surface area (Å²) in [5.41, 5.74) is 8.59. The van der Waals surface area contributed by atoms with Crippen LogP contribution in [0, 0.1) is 13.8 Å². The Morgan fingerprint density at radius 2 is 2.20 bits per heavy atom. The Hall–Kier alpha value is -2.50. The van der Waals surface area contributed by atoms with Gasteiger partial charge in [-0.15, -0.1) is 0 Å². The number of benzene rings is 1. The predicted octanol–water partition coefficient (Wildman–Crippen LogP) is 2.26. The molecule has 0 saturated carbocycles. The third-order valence-electron chi connectivity index (χ3n) is 3.06. The number of hydrogen-bond donors (Lipinski definition) is 3. The molecule has 0 fully saturated rings. The van der Waals surface area contributed by atoms with Gasteiger partial charge in [0.15, 0.2) is 5.82 Å². The topological polar surface area (TPSA) is 93.0 Å². The molecule has 106 valence electrons. The van der Waals surface area contributed by atoms with Crippen molar-refractivity contribution in [1.82, 2.24) is 10.2 Å². The fourth-order valence-electron chi connectivity index (χ4n) is 1.76. The van der Waals surface area contributed by atoms with Crippen LogP contribution in [0.4, 0.5) is 11.5 Å². The largest absolute Gasteiger partial charge is 0.492 e. The molecule has 0 saturated heterocycles. The van der Waals surface area contributed by atoms with Gasteiger partial charge in [0.1, 0.15) is 5.75 Å². The standard InChI is InChI=1S/C14H18N4O2/c1-4-20-12-6-5-10(7-11(12)15)14(19)16-13-8(2)9(3)17-18-13/h5-7H,4,15H2,1-3H3,(H2,16,17,18,19). The maximum atomic E-state index is 12.1. The van der Waals surface area contributed by atoms with Gasteiger partial charge in [-0.25, -0.2) is 0 Å². The van der Waals surface area contributed by atoms with Crippen LogP contribution in [0.5, 0.6) is 5.75 Å². The SMILES string of the molecule is CCOc1ccc(C(=O)Nc2n[nH]c(C)c2C)cc1N. The molecule has 6 nitrogen and oxygen atoms in total. The minimum atomic E-state index is -0.255. The molecule has 6 heteroatoms. The van der Waals surface area contributed by atoms with Gasteiger partial charge < -0.3 is 15.8 Å². The number of rotatable bonds is 4. The third-order valence-corrected chi connectivity index (χ3v) is 3.06. The summed E-state index contributed by atoms with van der Waals surface area (Å²) in [4.78, 5) is 12.1. The summed E-state index contributed by atoms with van der Waals surface area (Å²) in [6.45, 7) is 6.19. The van der Waals surface area contributed by atoms with Crippen LogP contribution in [0.2, 0.25) is 0 Å². The van der Waals surface area contributed by atoms with Crippen LogP contribution in [0.25, 0.3) is 0 Å². The van der Waals surface area contributed by atoms with Gasteiger partial charge in [-0.2, -0.15) is 5.10 Å². The van der Waals surface area contributed by atoms with Crippen LogP contribution < -0.4 is 15.8 Å². The number of nitrogens with one attached hydrogen (secondary N) is 2. The molecule has 4 N–H and O–H groups in total. The second kappa shape index (κ2) is 5.64. The highest BCUT2D eigenvalue weighted by molar-refractivity contribution is 6.04.